The molecule has 2 atom stereocenters. The lowest BCUT2D eigenvalue weighted by atomic mass is 9.92. The van der Waals surface area contributed by atoms with Crippen LogP contribution >= 0.6 is 0 Å². The third-order valence-corrected chi connectivity index (χ3v) is 2.89. The van der Waals surface area contributed by atoms with Crippen LogP contribution in [0.3, 0.4) is 0 Å². The first kappa shape index (κ1) is 12.9. The Kier molecular flexibility index (Phi) is 5.23. The molecular weight excluding hydrogens is 204 g/mol. The van der Waals surface area contributed by atoms with Gasteiger partial charge in [0.1, 0.15) is 6.10 Å². The predicted octanol–water partition coefficient (Wildman–Crippen LogP) is 2.64. The van der Waals surface area contributed by atoms with E-state index in [-0.39, 0.29) is 23.8 Å². The topological polar surface area (TPSA) is 43.4 Å². The quantitative estimate of drug-likeness (QED) is 0.643. The molecule has 0 radical (unpaired) electrons. The van der Waals surface area contributed by atoms with Gasteiger partial charge in [-0.05, 0) is 31.8 Å². The molecule has 1 aliphatic carbocycles. The molecule has 3 heteroatoms. The maximum atomic E-state index is 11.5. The lowest BCUT2D eigenvalue weighted by Gasteiger charge is -2.23. The number of hydrogen-bond donors (Lipinski definition) is 0. The second-order valence-corrected chi connectivity index (χ2v) is 4.48. The van der Waals surface area contributed by atoms with Crippen LogP contribution in [0.25, 0.3) is 0 Å². The summed E-state index contributed by atoms with van der Waals surface area (Å²) in [5, 5.41) is 0. The molecule has 1 unspecified atom stereocenters. The van der Waals surface area contributed by atoms with Gasteiger partial charge < -0.3 is 4.74 Å². The van der Waals surface area contributed by atoms with Gasteiger partial charge in [0, 0.05) is 19.3 Å². The number of carbonyl (C=O) groups excluding carboxylic acids is 2. The van der Waals surface area contributed by atoms with E-state index in [2.05, 4.69) is 0 Å². The molecule has 0 aliphatic heterocycles. The van der Waals surface area contributed by atoms with Crippen molar-refractivity contribution in [3.8, 4) is 0 Å². The highest BCUT2D eigenvalue weighted by Gasteiger charge is 2.22. The molecule has 0 amide bonds. The Morgan fingerprint density at radius 1 is 1.44 bits per heavy atom. The molecule has 0 spiro atoms. The van der Waals surface area contributed by atoms with Crippen LogP contribution in [0.4, 0.5) is 0 Å². The van der Waals surface area contributed by atoms with Gasteiger partial charge in [-0.25, -0.2) is 0 Å². The summed E-state index contributed by atoms with van der Waals surface area (Å²) in [7, 11) is 0. The Morgan fingerprint density at radius 3 is 2.88 bits per heavy atom. The first-order chi connectivity index (χ1) is 7.59. The first-order valence-corrected chi connectivity index (χ1v) is 5.96. The fourth-order valence-electron chi connectivity index (χ4n) is 2.01. The van der Waals surface area contributed by atoms with Crippen molar-refractivity contribution in [2.45, 2.75) is 52.1 Å². The molecule has 0 heterocycles. The second kappa shape index (κ2) is 6.46. The number of esters is 1. The Bertz CT molecular complexity index is 281. The zero-order valence-electron chi connectivity index (χ0n) is 10.1. The van der Waals surface area contributed by atoms with Crippen molar-refractivity contribution in [1.29, 1.82) is 0 Å². The molecule has 90 valence electrons. The summed E-state index contributed by atoms with van der Waals surface area (Å²) in [6.45, 7) is 3.40. The normalized spacial score (nSPS) is 29.5. The number of rotatable bonds is 1. The zero-order valence-corrected chi connectivity index (χ0v) is 10.1. The molecule has 0 bridgehead atoms. The van der Waals surface area contributed by atoms with E-state index in [0.717, 1.165) is 25.7 Å². The van der Waals surface area contributed by atoms with Crippen LogP contribution in [0.2, 0.25) is 0 Å². The maximum absolute atomic E-state index is 11.5. The monoisotopic (exact) mass is 224 g/mol. The molecule has 1 aliphatic rings. The van der Waals surface area contributed by atoms with E-state index >= 15 is 0 Å². The van der Waals surface area contributed by atoms with Gasteiger partial charge >= 0.3 is 5.97 Å². The molecule has 0 aromatic heterocycles. The highest BCUT2D eigenvalue weighted by Crippen LogP contribution is 2.20. The second-order valence-electron chi connectivity index (χ2n) is 4.48. The summed E-state index contributed by atoms with van der Waals surface area (Å²) in [5.41, 5.74) is 0. The van der Waals surface area contributed by atoms with Crippen LogP contribution in [0, 0.1) is 5.92 Å². The van der Waals surface area contributed by atoms with Crippen molar-refractivity contribution in [1.82, 2.24) is 0 Å². The van der Waals surface area contributed by atoms with Crippen LogP contribution in [0.1, 0.15) is 46.0 Å². The van der Waals surface area contributed by atoms with E-state index in [1.807, 2.05) is 13.0 Å². The van der Waals surface area contributed by atoms with Crippen LogP contribution in [0.5, 0.6) is 0 Å². The fourth-order valence-corrected chi connectivity index (χ4v) is 2.01. The minimum absolute atomic E-state index is 0.104. The molecule has 0 saturated heterocycles. The smallest absolute Gasteiger partial charge is 0.302 e. The zero-order chi connectivity index (χ0) is 12.0. The van der Waals surface area contributed by atoms with E-state index in [0.29, 0.717) is 6.42 Å². The van der Waals surface area contributed by atoms with E-state index in [1.54, 1.807) is 6.08 Å². The summed E-state index contributed by atoms with van der Waals surface area (Å²) < 4.78 is 5.27. The van der Waals surface area contributed by atoms with Gasteiger partial charge in [-0.2, -0.15) is 0 Å². The predicted molar refractivity (Wildman–Crippen MR) is 62.0 cm³/mol. The summed E-state index contributed by atoms with van der Waals surface area (Å²) in [4.78, 5) is 22.5. The number of ether oxygens (including phenoxy) is 1. The minimum Gasteiger partial charge on any atom is -0.462 e. The molecule has 0 aromatic rings. The number of allylic oxidation sites excluding steroid dienone is 2. The van der Waals surface area contributed by atoms with Gasteiger partial charge in [0.15, 0.2) is 5.78 Å². The van der Waals surface area contributed by atoms with Gasteiger partial charge in [-0.1, -0.05) is 13.0 Å². The Morgan fingerprint density at radius 2 is 2.19 bits per heavy atom. The third kappa shape index (κ3) is 4.60. The third-order valence-electron chi connectivity index (χ3n) is 2.89. The Labute approximate surface area is 96.9 Å². The Hall–Kier alpha value is -1.12. The summed E-state index contributed by atoms with van der Waals surface area (Å²) in [6, 6.07) is 0. The standard InChI is InChI=1S/C13H20O3/c1-10-9-12(15)7-5-3-4-6-8-13(10)16-11(2)14/h5,7,10,13H,3-4,6,8-9H2,1-2H3/b7-5+/t10-,13?/m1/s1. The van der Waals surface area contributed by atoms with Crippen LogP contribution in [-0.4, -0.2) is 17.9 Å². The number of carbonyl (C=O) groups is 2. The van der Waals surface area contributed by atoms with E-state index in [4.69, 9.17) is 4.74 Å². The molecule has 1 rings (SSSR count). The lowest BCUT2D eigenvalue weighted by molar-refractivity contribution is -0.150. The average molecular weight is 224 g/mol. The fraction of sp³-hybridized carbons (Fsp3) is 0.692. The van der Waals surface area contributed by atoms with Crippen molar-refractivity contribution in [2.24, 2.45) is 5.92 Å². The van der Waals surface area contributed by atoms with Crippen LogP contribution in [-0.2, 0) is 14.3 Å². The first-order valence-electron chi connectivity index (χ1n) is 5.96. The molecule has 0 N–H and O–H groups in total. The van der Waals surface area contributed by atoms with Gasteiger partial charge in [-0.3, -0.25) is 9.59 Å². The van der Waals surface area contributed by atoms with Gasteiger partial charge in [0.05, 0.1) is 0 Å². The molecule has 0 fully saturated rings. The molecule has 0 saturated carbocycles. The van der Waals surface area contributed by atoms with Gasteiger partial charge in [0.2, 0.25) is 0 Å². The molecule has 16 heavy (non-hydrogen) atoms. The highest BCUT2D eigenvalue weighted by atomic mass is 16.5. The molecule has 0 aromatic carbocycles. The van der Waals surface area contributed by atoms with Crippen LogP contribution in [0.15, 0.2) is 12.2 Å². The van der Waals surface area contributed by atoms with Crippen LogP contribution < -0.4 is 0 Å². The maximum Gasteiger partial charge on any atom is 0.302 e. The van der Waals surface area contributed by atoms with Crippen molar-refractivity contribution >= 4 is 11.8 Å². The summed E-state index contributed by atoms with van der Waals surface area (Å²) in [5.74, 6) is -0.0115. The Balaban J connectivity index is 2.63. The molecule has 3 nitrogen and oxygen atoms in total. The van der Waals surface area contributed by atoms with Crippen molar-refractivity contribution in [3.05, 3.63) is 12.2 Å². The average Bonchev–Trinajstić information content (AvgIpc) is 2.20. The summed E-state index contributed by atoms with van der Waals surface area (Å²) in [6.07, 6.45) is 7.86. The SMILES string of the molecule is CC(=O)OC1CCCC/C=C/C(=O)C[C@H]1C. The van der Waals surface area contributed by atoms with Gasteiger partial charge in [0.25, 0.3) is 0 Å². The summed E-state index contributed by atoms with van der Waals surface area (Å²) >= 11 is 0. The van der Waals surface area contributed by atoms with Crippen molar-refractivity contribution < 1.29 is 14.3 Å². The van der Waals surface area contributed by atoms with Gasteiger partial charge in [-0.15, -0.1) is 0 Å². The minimum atomic E-state index is -0.253. The highest BCUT2D eigenvalue weighted by molar-refractivity contribution is 5.89. The van der Waals surface area contributed by atoms with E-state index < -0.39 is 0 Å². The lowest BCUT2D eigenvalue weighted by Crippen LogP contribution is -2.26. The largest absolute Gasteiger partial charge is 0.462 e. The number of hydrogen-bond acceptors (Lipinski definition) is 3. The molecular formula is C13H20O3. The van der Waals surface area contributed by atoms with E-state index in [9.17, 15) is 9.59 Å². The van der Waals surface area contributed by atoms with Crippen molar-refractivity contribution in [2.75, 3.05) is 0 Å². The van der Waals surface area contributed by atoms with Crippen molar-refractivity contribution in [3.63, 3.8) is 0 Å². The van der Waals surface area contributed by atoms with E-state index in [1.165, 1.54) is 6.92 Å². The number of ketones is 1.